The van der Waals surface area contributed by atoms with E-state index in [9.17, 15) is 19.8 Å². The van der Waals surface area contributed by atoms with Gasteiger partial charge in [0.15, 0.2) is 0 Å². The maximum atomic E-state index is 13.2. The van der Waals surface area contributed by atoms with Crippen LogP contribution in [0.1, 0.15) is 233 Å². The van der Waals surface area contributed by atoms with Crippen molar-refractivity contribution in [3.8, 4) is 0 Å². The van der Waals surface area contributed by atoms with Gasteiger partial charge in [0.2, 0.25) is 5.91 Å². The first-order valence-electron chi connectivity index (χ1n) is 25.9. The fourth-order valence-electron chi connectivity index (χ4n) is 7.39. The first-order valence-corrected chi connectivity index (χ1v) is 25.9. The molecule has 1 amide bonds. The Labute approximate surface area is 383 Å². The number of nitrogens with one attached hydrogen (secondary N) is 1. The highest BCUT2D eigenvalue weighted by atomic mass is 16.5. The summed E-state index contributed by atoms with van der Waals surface area (Å²) in [7, 11) is 0. The molecule has 0 rings (SSSR count). The van der Waals surface area contributed by atoms with E-state index in [2.05, 4.69) is 86.8 Å². The Morgan fingerprint density at radius 1 is 0.500 bits per heavy atom. The number of hydrogen-bond acceptors (Lipinski definition) is 5. The maximum Gasteiger partial charge on any atom is 0.306 e. The molecule has 0 saturated heterocycles. The van der Waals surface area contributed by atoms with Crippen LogP contribution in [-0.2, 0) is 14.3 Å². The molecule has 62 heavy (non-hydrogen) atoms. The van der Waals surface area contributed by atoms with Crippen molar-refractivity contribution in [2.24, 2.45) is 0 Å². The number of carbonyl (C=O) groups excluding carboxylic acids is 2. The molecule has 0 radical (unpaired) electrons. The summed E-state index contributed by atoms with van der Waals surface area (Å²) in [5.41, 5.74) is 0. The molecule has 0 aromatic carbocycles. The normalized spacial score (nSPS) is 14.0. The number of ether oxygens (including phenoxy) is 1. The largest absolute Gasteiger partial charge is 0.462 e. The van der Waals surface area contributed by atoms with Crippen LogP contribution in [0.3, 0.4) is 0 Å². The third-order valence-electron chi connectivity index (χ3n) is 11.3. The first-order chi connectivity index (χ1) is 30.5. The van der Waals surface area contributed by atoms with Gasteiger partial charge in [-0.3, -0.25) is 9.59 Å². The Kier molecular flexibility index (Phi) is 46.7. The van der Waals surface area contributed by atoms with Gasteiger partial charge in [-0.05, 0) is 83.5 Å². The summed E-state index contributed by atoms with van der Waals surface area (Å²) in [4.78, 5) is 26.1. The van der Waals surface area contributed by atoms with Gasteiger partial charge in [-0.1, -0.05) is 221 Å². The number of aliphatic hydroxyl groups is 2. The van der Waals surface area contributed by atoms with Crippen LogP contribution in [0.25, 0.3) is 0 Å². The van der Waals surface area contributed by atoms with Gasteiger partial charge in [-0.15, -0.1) is 0 Å². The van der Waals surface area contributed by atoms with Gasteiger partial charge in [0.1, 0.15) is 6.10 Å². The van der Waals surface area contributed by atoms with E-state index in [1.807, 2.05) is 24.3 Å². The molecule has 0 fully saturated rings. The molecule has 0 aromatic heterocycles. The SMILES string of the molecule is CC/C=C/C=C/C=C/C=C\CCCCCC(CC(=O)NC(CO)C(O)CCCCCCCCCCCCC)OC(=O)CCCCCCCC/C=C\C/C=C\C/C=C\CCCCC. The molecule has 0 aliphatic carbocycles. The van der Waals surface area contributed by atoms with Crippen LogP contribution in [0.15, 0.2) is 85.1 Å². The zero-order valence-electron chi connectivity index (χ0n) is 40.5. The fraction of sp³-hybridized carbons (Fsp3) is 0.714. The van der Waals surface area contributed by atoms with Crippen LogP contribution in [0.5, 0.6) is 0 Å². The number of esters is 1. The van der Waals surface area contributed by atoms with Crippen molar-refractivity contribution >= 4 is 11.9 Å². The number of rotatable bonds is 45. The lowest BCUT2D eigenvalue weighted by Crippen LogP contribution is -2.46. The first kappa shape index (κ1) is 59.0. The number of hydrogen-bond donors (Lipinski definition) is 3. The monoisotopic (exact) mass is 864 g/mol. The molecule has 0 aliphatic heterocycles. The maximum absolute atomic E-state index is 13.2. The molecule has 3 atom stereocenters. The molecular formula is C56H97NO5. The second kappa shape index (κ2) is 49.1. The zero-order valence-corrected chi connectivity index (χ0v) is 40.5. The number of aliphatic hydroxyl groups excluding tert-OH is 2. The lowest BCUT2D eigenvalue weighted by atomic mass is 10.0. The average Bonchev–Trinajstić information content (AvgIpc) is 3.26. The van der Waals surface area contributed by atoms with Crippen molar-refractivity contribution in [1.82, 2.24) is 5.32 Å². The molecule has 0 heterocycles. The van der Waals surface area contributed by atoms with Crippen LogP contribution in [0.2, 0.25) is 0 Å². The van der Waals surface area contributed by atoms with Crippen LogP contribution in [0.4, 0.5) is 0 Å². The molecular weight excluding hydrogens is 767 g/mol. The summed E-state index contributed by atoms with van der Waals surface area (Å²) >= 11 is 0. The van der Waals surface area contributed by atoms with Gasteiger partial charge in [-0.25, -0.2) is 0 Å². The molecule has 0 aromatic rings. The van der Waals surface area contributed by atoms with Gasteiger partial charge >= 0.3 is 5.97 Å². The zero-order chi connectivity index (χ0) is 45.2. The summed E-state index contributed by atoms with van der Waals surface area (Å²) in [6.45, 7) is 6.29. The lowest BCUT2D eigenvalue weighted by molar-refractivity contribution is -0.151. The van der Waals surface area contributed by atoms with Gasteiger partial charge in [-0.2, -0.15) is 0 Å². The standard InChI is InChI=1S/C56H97NO5/c1-4-7-10-13-16-19-22-24-25-26-27-28-29-31-34-37-40-43-46-49-56(61)62-52(47-44-41-38-35-33-30-23-20-17-14-11-8-5-2)50-55(60)57-53(51-58)54(59)48-45-42-39-36-32-21-18-15-12-9-6-3/h8,11,14,16-17,19-20,23-25,27-28,30,33,52-54,58-59H,4-7,9-10,12-13,15,18,21-22,26,29,31-32,34-51H2,1-3H3,(H,57,60)/b11-8+,17-14+,19-16-,23-20+,25-24-,28-27-,33-30-. The van der Waals surface area contributed by atoms with Gasteiger partial charge in [0, 0.05) is 6.42 Å². The van der Waals surface area contributed by atoms with E-state index in [1.165, 1.54) is 96.3 Å². The van der Waals surface area contributed by atoms with Gasteiger partial charge < -0.3 is 20.3 Å². The van der Waals surface area contributed by atoms with Crippen LogP contribution in [0, 0.1) is 0 Å². The Bertz CT molecular complexity index is 1200. The third-order valence-corrected chi connectivity index (χ3v) is 11.3. The van der Waals surface area contributed by atoms with E-state index in [-0.39, 0.29) is 24.9 Å². The molecule has 3 unspecified atom stereocenters. The Hall–Kier alpha value is -2.96. The average molecular weight is 864 g/mol. The Balaban J connectivity index is 4.64. The van der Waals surface area contributed by atoms with Crippen LogP contribution in [-0.4, -0.2) is 46.9 Å². The molecule has 6 heteroatoms. The highest BCUT2D eigenvalue weighted by molar-refractivity contribution is 5.77. The minimum atomic E-state index is -0.804. The molecule has 6 nitrogen and oxygen atoms in total. The highest BCUT2D eigenvalue weighted by Gasteiger charge is 2.24. The topological polar surface area (TPSA) is 95.9 Å². The van der Waals surface area contributed by atoms with E-state index >= 15 is 0 Å². The summed E-state index contributed by atoms with van der Waals surface area (Å²) in [5, 5.41) is 23.7. The summed E-state index contributed by atoms with van der Waals surface area (Å²) in [6, 6.07) is -0.721. The number of carbonyl (C=O) groups is 2. The Morgan fingerprint density at radius 3 is 1.52 bits per heavy atom. The van der Waals surface area contributed by atoms with E-state index in [0.717, 1.165) is 89.9 Å². The fourth-order valence-corrected chi connectivity index (χ4v) is 7.39. The smallest absolute Gasteiger partial charge is 0.306 e. The lowest BCUT2D eigenvalue weighted by Gasteiger charge is -2.24. The highest BCUT2D eigenvalue weighted by Crippen LogP contribution is 2.17. The second-order valence-electron chi connectivity index (χ2n) is 17.3. The predicted molar refractivity (Wildman–Crippen MR) is 268 cm³/mol. The van der Waals surface area contributed by atoms with E-state index in [1.54, 1.807) is 0 Å². The molecule has 0 spiro atoms. The van der Waals surface area contributed by atoms with Gasteiger partial charge in [0.05, 0.1) is 25.2 Å². The van der Waals surface area contributed by atoms with Crippen LogP contribution < -0.4 is 5.32 Å². The summed E-state index contributed by atoms with van der Waals surface area (Å²) in [5.74, 6) is -0.532. The molecule has 3 N–H and O–H groups in total. The minimum absolute atomic E-state index is 0.0420. The molecule has 356 valence electrons. The van der Waals surface area contributed by atoms with Crippen molar-refractivity contribution in [3.63, 3.8) is 0 Å². The number of allylic oxidation sites excluding steroid dienone is 14. The number of unbranched alkanes of at least 4 members (excludes halogenated alkanes) is 22. The molecule has 0 aliphatic rings. The quantitative estimate of drug-likeness (QED) is 0.0245. The van der Waals surface area contributed by atoms with Crippen molar-refractivity contribution in [2.45, 2.75) is 251 Å². The van der Waals surface area contributed by atoms with Gasteiger partial charge in [0.25, 0.3) is 0 Å². The second-order valence-corrected chi connectivity index (χ2v) is 17.3. The molecule has 0 bridgehead atoms. The van der Waals surface area contributed by atoms with Crippen molar-refractivity contribution in [1.29, 1.82) is 0 Å². The predicted octanol–water partition coefficient (Wildman–Crippen LogP) is 15.6. The third kappa shape index (κ3) is 43.7. The van der Waals surface area contributed by atoms with Crippen molar-refractivity contribution in [3.05, 3.63) is 85.1 Å². The van der Waals surface area contributed by atoms with E-state index < -0.39 is 18.2 Å². The van der Waals surface area contributed by atoms with Crippen molar-refractivity contribution in [2.75, 3.05) is 6.61 Å². The summed E-state index contributed by atoms with van der Waals surface area (Å²) < 4.78 is 5.91. The minimum Gasteiger partial charge on any atom is -0.462 e. The number of amides is 1. The van der Waals surface area contributed by atoms with Crippen LogP contribution >= 0.6 is 0 Å². The molecule has 0 saturated carbocycles. The van der Waals surface area contributed by atoms with Crippen molar-refractivity contribution < 1.29 is 24.5 Å². The van der Waals surface area contributed by atoms with E-state index in [4.69, 9.17) is 4.74 Å². The summed E-state index contributed by atoms with van der Waals surface area (Å²) in [6.07, 6.45) is 63.5. The Morgan fingerprint density at radius 2 is 0.935 bits per heavy atom. The van der Waals surface area contributed by atoms with E-state index in [0.29, 0.717) is 19.3 Å².